The normalized spacial score (nSPS) is 13.2. The van der Waals surface area contributed by atoms with Gasteiger partial charge in [-0.25, -0.2) is 4.79 Å². The third-order valence-corrected chi connectivity index (χ3v) is 7.10. The van der Waals surface area contributed by atoms with Crippen molar-refractivity contribution in [1.82, 2.24) is 19.7 Å². The summed E-state index contributed by atoms with van der Waals surface area (Å²) in [5.41, 5.74) is 1.98. The van der Waals surface area contributed by atoms with E-state index < -0.39 is 17.1 Å². The van der Waals surface area contributed by atoms with Gasteiger partial charge in [0.25, 0.3) is 17.0 Å². The molecule has 1 aromatic heterocycles. The number of aromatic hydroxyl groups is 1. The lowest BCUT2D eigenvalue weighted by Gasteiger charge is -2.11. The number of H-pyrrole nitrogens is 2. The molecule has 42 heavy (non-hydrogen) atoms. The Kier molecular flexibility index (Phi) is 6.15. The van der Waals surface area contributed by atoms with Gasteiger partial charge in [0.15, 0.2) is 17.2 Å². The van der Waals surface area contributed by atoms with Crippen LogP contribution in [0, 0.1) is 13.8 Å². The number of pyridine rings is 2. The first-order chi connectivity index (χ1) is 20.2. The first kappa shape index (κ1) is 26.2. The molecular weight excluding hydrogens is 540 g/mol. The van der Waals surface area contributed by atoms with Crippen molar-refractivity contribution in [3.63, 3.8) is 0 Å². The second kappa shape index (κ2) is 9.86. The van der Waals surface area contributed by atoms with Crippen LogP contribution in [0.1, 0.15) is 37.4 Å². The van der Waals surface area contributed by atoms with E-state index in [2.05, 4.69) is 20.2 Å². The highest BCUT2D eigenvalue weighted by molar-refractivity contribution is 6.07. The highest BCUT2D eigenvalue weighted by Crippen LogP contribution is 2.30. The Morgan fingerprint density at radius 3 is 2.31 bits per heavy atom. The van der Waals surface area contributed by atoms with E-state index in [-0.39, 0.29) is 45.0 Å². The molecular formula is C30H22N6O6. The Morgan fingerprint density at radius 1 is 0.905 bits per heavy atom. The highest BCUT2D eigenvalue weighted by Gasteiger charge is 2.28. The van der Waals surface area contributed by atoms with Crippen LogP contribution in [0.2, 0.25) is 0 Å². The molecule has 12 nitrogen and oxygen atoms in total. The number of para-hydroxylation sites is 1. The lowest BCUT2D eigenvalue weighted by Crippen LogP contribution is -2.38. The summed E-state index contributed by atoms with van der Waals surface area (Å²) < 4.78 is 1.12. The number of anilines is 1. The SMILES string of the molecule is Cc1c(/C=C/C=c2/c(C)c3c([nH]c2=O)=NN(c2ccccc2)C3=O)c(O)[nH]c2nn(-c3ccc(C(=O)O)cc3)c(=O)c1-2. The van der Waals surface area contributed by atoms with Crippen LogP contribution >= 0.6 is 0 Å². The number of aromatic amines is 2. The largest absolute Gasteiger partial charge is 0.494 e. The summed E-state index contributed by atoms with van der Waals surface area (Å²) in [7, 11) is 0. The van der Waals surface area contributed by atoms with Crippen molar-refractivity contribution in [1.29, 1.82) is 0 Å². The van der Waals surface area contributed by atoms with Crippen molar-refractivity contribution in [2.24, 2.45) is 5.10 Å². The predicted octanol–water partition coefficient (Wildman–Crippen LogP) is 2.06. The molecule has 0 saturated heterocycles. The number of aromatic carboxylic acids is 1. The van der Waals surface area contributed by atoms with Crippen LogP contribution in [0.5, 0.6) is 5.88 Å². The molecule has 0 spiro atoms. The first-order valence-electron chi connectivity index (χ1n) is 12.7. The number of hydrogen-bond acceptors (Lipinski definition) is 7. The van der Waals surface area contributed by atoms with Crippen LogP contribution in [-0.2, 0) is 0 Å². The van der Waals surface area contributed by atoms with Crippen molar-refractivity contribution in [2.75, 3.05) is 5.01 Å². The average molecular weight is 563 g/mol. The topological polar surface area (TPSA) is 174 Å². The molecule has 4 heterocycles. The van der Waals surface area contributed by atoms with Gasteiger partial charge >= 0.3 is 5.97 Å². The van der Waals surface area contributed by atoms with Gasteiger partial charge < -0.3 is 20.2 Å². The molecule has 208 valence electrons. The maximum atomic E-state index is 13.2. The van der Waals surface area contributed by atoms with Gasteiger partial charge in [0.05, 0.1) is 28.1 Å². The van der Waals surface area contributed by atoms with Gasteiger partial charge in [0.1, 0.15) is 0 Å². The van der Waals surface area contributed by atoms with Gasteiger partial charge in [-0.3, -0.25) is 14.4 Å². The van der Waals surface area contributed by atoms with Crippen molar-refractivity contribution < 1.29 is 19.8 Å². The van der Waals surface area contributed by atoms with E-state index in [1.54, 1.807) is 38.1 Å². The monoisotopic (exact) mass is 562 g/mol. The number of rotatable bonds is 5. The molecule has 3 aliphatic rings. The molecule has 4 N–H and O–H groups in total. The van der Waals surface area contributed by atoms with Gasteiger partial charge in [0, 0.05) is 10.8 Å². The van der Waals surface area contributed by atoms with E-state index in [1.165, 1.54) is 47.5 Å². The van der Waals surface area contributed by atoms with E-state index in [9.17, 15) is 24.3 Å². The number of nitrogens with zero attached hydrogens (tertiary/aromatic N) is 4. The van der Waals surface area contributed by atoms with Crippen LogP contribution < -0.4 is 26.8 Å². The Hall–Kier alpha value is -6.04. The van der Waals surface area contributed by atoms with Gasteiger partial charge in [-0.2, -0.15) is 9.69 Å². The first-order valence-corrected chi connectivity index (χ1v) is 12.7. The second-order valence-electron chi connectivity index (χ2n) is 9.60. The number of fused-ring (bicyclic) bond motifs is 2. The number of allylic oxidation sites excluding steroid dienone is 1. The lowest BCUT2D eigenvalue weighted by molar-refractivity contribution is 0.0696. The maximum absolute atomic E-state index is 13.2. The van der Waals surface area contributed by atoms with Gasteiger partial charge in [-0.05, 0) is 73.5 Å². The van der Waals surface area contributed by atoms with Gasteiger partial charge in [0.2, 0.25) is 0 Å². The van der Waals surface area contributed by atoms with Gasteiger partial charge in [-0.15, -0.1) is 10.2 Å². The highest BCUT2D eigenvalue weighted by atomic mass is 16.4. The summed E-state index contributed by atoms with van der Waals surface area (Å²) in [6, 6.07) is 14.5. The number of carboxylic acid groups (broad SMARTS) is 1. The fraction of sp³-hybridized carbons (Fsp3) is 0.0667. The number of nitrogens with one attached hydrogen (secondary N) is 2. The molecule has 0 unspecified atom stereocenters. The Morgan fingerprint density at radius 2 is 1.62 bits per heavy atom. The average Bonchev–Trinajstić information content (AvgIpc) is 3.48. The summed E-state index contributed by atoms with van der Waals surface area (Å²) in [5, 5.41) is 29.8. The molecule has 0 saturated carbocycles. The van der Waals surface area contributed by atoms with Crippen molar-refractivity contribution >= 4 is 29.7 Å². The number of benzene rings is 2. The van der Waals surface area contributed by atoms with Crippen molar-refractivity contribution in [3.8, 4) is 23.0 Å². The predicted molar refractivity (Wildman–Crippen MR) is 153 cm³/mol. The minimum atomic E-state index is -1.09. The molecule has 0 atom stereocenters. The molecule has 6 rings (SSSR count). The minimum Gasteiger partial charge on any atom is -0.494 e. The molecule has 0 fully saturated rings. The zero-order valence-electron chi connectivity index (χ0n) is 22.2. The van der Waals surface area contributed by atoms with E-state index in [0.29, 0.717) is 28.1 Å². The number of carbonyl (C=O) groups is 2. The van der Waals surface area contributed by atoms with Crippen LogP contribution in [0.25, 0.3) is 29.2 Å². The maximum Gasteiger partial charge on any atom is 0.335 e. The number of amides is 1. The fourth-order valence-electron chi connectivity index (χ4n) is 4.94. The van der Waals surface area contributed by atoms with E-state index in [4.69, 9.17) is 5.11 Å². The summed E-state index contributed by atoms with van der Waals surface area (Å²) in [6.45, 7) is 3.32. The second-order valence-corrected chi connectivity index (χ2v) is 9.60. The zero-order valence-corrected chi connectivity index (χ0v) is 22.2. The zero-order chi connectivity index (χ0) is 29.7. The molecule has 0 aliphatic carbocycles. The van der Waals surface area contributed by atoms with Crippen LogP contribution in [0.15, 0.2) is 75.4 Å². The Labute approximate surface area is 236 Å². The Bertz CT molecular complexity index is 2160. The van der Waals surface area contributed by atoms with Crippen molar-refractivity contribution in [3.05, 3.63) is 120 Å². The quantitative estimate of drug-likeness (QED) is 0.254. The number of carboxylic acids is 1. The smallest absolute Gasteiger partial charge is 0.335 e. The molecule has 0 radical (unpaired) electrons. The third-order valence-electron chi connectivity index (χ3n) is 7.10. The molecule has 0 bridgehead atoms. The summed E-state index contributed by atoms with van der Waals surface area (Å²) in [4.78, 5) is 55.8. The lowest BCUT2D eigenvalue weighted by atomic mass is 10.0. The molecule has 1 amide bonds. The summed E-state index contributed by atoms with van der Waals surface area (Å²) in [6.07, 6.45) is 4.59. The molecule has 2 aromatic carbocycles. The standard InChI is InChI=1S/C30H22N6O6/c1-15-20(26(37)31-24-22(15)28(39)35(33-24)18-7-4-3-5-8-18)9-6-10-21-16(2)23-25(32-27(21)38)34-36(29(23)40)19-13-11-17(12-14-19)30(41)42/h3-14H,1-2H3,(H,41,42)(H,31,33,37)(H2,32,34,38)/b10-6+,20-9-. The van der Waals surface area contributed by atoms with Crippen LogP contribution in [0.3, 0.4) is 0 Å². The molecule has 12 heteroatoms. The van der Waals surface area contributed by atoms with Gasteiger partial charge in [-0.1, -0.05) is 24.3 Å². The number of hydrogen-bond donors (Lipinski definition) is 4. The van der Waals surface area contributed by atoms with E-state index in [1.807, 2.05) is 6.07 Å². The third kappa shape index (κ3) is 4.18. The Balaban J connectivity index is 1.38. The fourth-order valence-corrected chi connectivity index (χ4v) is 4.94. The molecule has 3 aromatic rings. The summed E-state index contributed by atoms with van der Waals surface area (Å²) in [5.74, 6) is -1.56. The van der Waals surface area contributed by atoms with Crippen molar-refractivity contribution in [2.45, 2.75) is 13.8 Å². The number of carbonyl (C=O) groups excluding carboxylic acids is 1. The summed E-state index contributed by atoms with van der Waals surface area (Å²) >= 11 is 0. The molecule has 3 aliphatic heterocycles. The number of aromatic nitrogens is 4. The van der Waals surface area contributed by atoms with Crippen LogP contribution in [-0.4, -0.2) is 41.8 Å². The van der Waals surface area contributed by atoms with E-state index >= 15 is 0 Å². The minimum absolute atomic E-state index is 0.0664. The van der Waals surface area contributed by atoms with E-state index in [0.717, 1.165) is 4.68 Å². The van der Waals surface area contributed by atoms with Crippen LogP contribution in [0.4, 0.5) is 5.69 Å².